The van der Waals surface area contributed by atoms with Crippen LogP contribution in [0, 0.1) is 0 Å². The van der Waals surface area contributed by atoms with Crippen molar-refractivity contribution >= 4 is 23.1 Å². The Morgan fingerprint density at radius 3 is 2.95 bits per heavy atom. The van der Waals surface area contributed by atoms with Gasteiger partial charge in [0.05, 0.1) is 6.04 Å². The summed E-state index contributed by atoms with van der Waals surface area (Å²) in [5, 5.41) is 3.58. The van der Waals surface area contributed by atoms with Crippen LogP contribution < -0.4 is 5.32 Å². The molecule has 0 amide bonds. The molecule has 2 aliphatic rings. The van der Waals surface area contributed by atoms with Crippen molar-refractivity contribution in [3.8, 4) is 0 Å². The summed E-state index contributed by atoms with van der Waals surface area (Å²) in [5.74, 6) is 0.853. The number of amidine groups is 1. The maximum atomic E-state index is 6.03. The lowest BCUT2D eigenvalue weighted by Gasteiger charge is -2.29. The fourth-order valence-corrected chi connectivity index (χ4v) is 2.56. The maximum Gasteiger partial charge on any atom is 0.224 e. The molecule has 2 aliphatic heterocycles. The Kier molecular flexibility index (Phi) is 4.06. The van der Waals surface area contributed by atoms with Crippen molar-refractivity contribution in [3.05, 3.63) is 60.1 Å². The summed E-state index contributed by atoms with van der Waals surface area (Å²) in [7, 11) is 0. The van der Waals surface area contributed by atoms with E-state index >= 15 is 0 Å². The molecule has 3 rings (SSSR count). The Hall–Kier alpha value is -2.07. The third-order valence-corrected chi connectivity index (χ3v) is 3.65. The smallest absolute Gasteiger partial charge is 0.224 e. The lowest BCUT2D eigenvalue weighted by Crippen LogP contribution is -2.34. The van der Waals surface area contributed by atoms with Crippen molar-refractivity contribution in [1.82, 2.24) is 10.2 Å². The molecule has 1 atom stereocenters. The van der Waals surface area contributed by atoms with Crippen molar-refractivity contribution < 1.29 is 0 Å². The van der Waals surface area contributed by atoms with Crippen molar-refractivity contribution in [2.24, 2.45) is 9.98 Å². The molecule has 0 spiro atoms. The third kappa shape index (κ3) is 3.52. The standard InChI is InChI=1S/C16H17ClN4/c1-12-7-8-21(11-13-5-3-2-4-6-13)15-9-14(19-12)10-18-16(17)20-15/h2-6,9-10,14,19H,1,7-8,11H2. The summed E-state index contributed by atoms with van der Waals surface area (Å²) in [6, 6.07) is 10.3. The number of nitrogens with zero attached hydrogens (tertiary/aromatic N) is 3. The quantitative estimate of drug-likeness (QED) is 0.853. The van der Waals surface area contributed by atoms with E-state index in [9.17, 15) is 0 Å². The topological polar surface area (TPSA) is 40.0 Å². The molecule has 0 saturated carbocycles. The van der Waals surface area contributed by atoms with Crippen LogP contribution >= 0.6 is 11.6 Å². The van der Waals surface area contributed by atoms with E-state index in [0.717, 1.165) is 31.0 Å². The van der Waals surface area contributed by atoms with Crippen LogP contribution in [0.2, 0.25) is 0 Å². The van der Waals surface area contributed by atoms with Gasteiger partial charge >= 0.3 is 0 Å². The molecule has 108 valence electrons. The van der Waals surface area contributed by atoms with E-state index in [4.69, 9.17) is 11.6 Å². The number of hydrogen-bond acceptors (Lipinski definition) is 4. The molecule has 1 N–H and O–H groups in total. The van der Waals surface area contributed by atoms with Gasteiger partial charge in [0.15, 0.2) is 0 Å². The Balaban J connectivity index is 1.90. The minimum atomic E-state index is -0.0222. The van der Waals surface area contributed by atoms with Crippen LogP contribution in [-0.2, 0) is 6.54 Å². The molecule has 1 aromatic rings. The highest BCUT2D eigenvalue weighted by atomic mass is 35.5. The fraction of sp³-hybridized carbons (Fsp3) is 0.250. The maximum absolute atomic E-state index is 6.03. The number of nitrogens with one attached hydrogen (secondary N) is 1. The minimum absolute atomic E-state index is 0.0222. The third-order valence-electron chi connectivity index (χ3n) is 3.47. The van der Waals surface area contributed by atoms with Crippen LogP contribution in [0.15, 0.2) is 64.5 Å². The molecule has 5 heteroatoms. The van der Waals surface area contributed by atoms with Crippen LogP contribution in [0.3, 0.4) is 0 Å². The first-order valence-corrected chi connectivity index (χ1v) is 7.32. The Bertz CT molecular complexity index is 618. The predicted octanol–water partition coefficient (Wildman–Crippen LogP) is 2.88. The summed E-state index contributed by atoms with van der Waals surface area (Å²) in [4.78, 5) is 10.7. The summed E-state index contributed by atoms with van der Waals surface area (Å²) < 4.78 is 0. The molecule has 0 aromatic heterocycles. The van der Waals surface area contributed by atoms with E-state index in [1.807, 2.05) is 24.3 Å². The molecule has 4 nitrogen and oxygen atoms in total. The van der Waals surface area contributed by atoms with Gasteiger partial charge in [0, 0.05) is 31.4 Å². The molecule has 0 radical (unpaired) electrons. The van der Waals surface area contributed by atoms with Gasteiger partial charge in [0.1, 0.15) is 5.82 Å². The monoisotopic (exact) mass is 300 g/mol. The first kappa shape index (κ1) is 13.9. The fourth-order valence-electron chi connectivity index (χ4n) is 2.42. The SMILES string of the molecule is C=C1CCN(Cc2ccccc2)C2=CC(C=NC(Cl)=N2)N1. The molecule has 1 unspecified atom stereocenters. The van der Waals surface area contributed by atoms with Gasteiger partial charge in [-0.3, -0.25) is 0 Å². The largest absolute Gasteiger partial charge is 0.377 e. The molecule has 0 fully saturated rings. The Morgan fingerprint density at radius 2 is 2.14 bits per heavy atom. The molecule has 2 bridgehead atoms. The van der Waals surface area contributed by atoms with Gasteiger partial charge in [-0.05, 0) is 23.2 Å². The molecular formula is C16H17ClN4. The highest BCUT2D eigenvalue weighted by Gasteiger charge is 2.19. The van der Waals surface area contributed by atoms with Crippen molar-refractivity contribution in [2.75, 3.05) is 6.54 Å². The van der Waals surface area contributed by atoms with Gasteiger partial charge in [-0.1, -0.05) is 36.9 Å². The second-order valence-electron chi connectivity index (χ2n) is 5.11. The Morgan fingerprint density at radius 1 is 1.33 bits per heavy atom. The van der Waals surface area contributed by atoms with E-state index < -0.39 is 0 Å². The first-order chi connectivity index (χ1) is 10.2. The van der Waals surface area contributed by atoms with Gasteiger partial charge in [0.25, 0.3) is 0 Å². The summed E-state index contributed by atoms with van der Waals surface area (Å²) in [5.41, 5.74) is 2.24. The summed E-state index contributed by atoms with van der Waals surface area (Å²) in [6.45, 7) is 5.69. The molecule has 0 saturated heterocycles. The number of fused-ring (bicyclic) bond motifs is 1. The number of aliphatic imine (C=N–C) groups is 2. The molecular weight excluding hydrogens is 284 g/mol. The van der Waals surface area contributed by atoms with Gasteiger partial charge in [0.2, 0.25) is 5.29 Å². The highest BCUT2D eigenvalue weighted by Crippen LogP contribution is 2.19. The number of rotatable bonds is 2. The van der Waals surface area contributed by atoms with E-state index in [-0.39, 0.29) is 11.3 Å². The lowest BCUT2D eigenvalue weighted by atomic mass is 10.1. The van der Waals surface area contributed by atoms with Crippen molar-refractivity contribution in [1.29, 1.82) is 0 Å². The van der Waals surface area contributed by atoms with Crippen LogP contribution in [0.25, 0.3) is 0 Å². The van der Waals surface area contributed by atoms with Gasteiger partial charge in [-0.2, -0.15) is 0 Å². The zero-order valence-corrected chi connectivity index (χ0v) is 12.4. The van der Waals surface area contributed by atoms with E-state index in [1.54, 1.807) is 6.21 Å². The predicted molar refractivity (Wildman–Crippen MR) is 87.4 cm³/mol. The van der Waals surface area contributed by atoms with Gasteiger partial charge < -0.3 is 10.2 Å². The normalized spacial score (nSPS) is 21.7. The second kappa shape index (κ2) is 6.14. The average Bonchev–Trinajstić information content (AvgIpc) is 2.66. The van der Waals surface area contributed by atoms with Crippen LogP contribution in [-0.4, -0.2) is 29.0 Å². The zero-order valence-electron chi connectivity index (χ0n) is 11.7. The van der Waals surface area contributed by atoms with Crippen LogP contribution in [0.4, 0.5) is 0 Å². The molecule has 2 heterocycles. The lowest BCUT2D eigenvalue weighted by molar-refractivity contribution is 0.328. The number of halogens is 1. The summed E-state index contributed by atoms with van der Waals surface area (Å²) >= 11 is 6.03. The molecule has 0 aliphatic carbocycles. The van der Waals surface area contributed by atoms with Crippen LogP contribution in [0.1, 0.15) is 12.0 Å². The Labute approximate surface area is 129 Å². The first-order valence-electron chi connectivity index (χ1n) is 6.94. The molecule has 21 heavy (non-hydrogen) atoms. The highest BCUT2D eigenvalue weighted by molar-refractivity contribution is 6.65. The van der Waals surface area contributed by atoms with Crippen molar-refractivity contribution in [3.63, 3.8) is 0 Å². The number of hydrogen-bond donors (Lipinski definition) is 1. The number of benzene rings is 1. The van der Waals surface area contributed by atoms with Crippen molar-refractivity contribution in [2.45, 2.75) is 19.0 Å². The van der Waals surface area contributed by atoms with E-state index in [2.05, 4.69) is 38.9 Å². The van der Waals surface area contributed by atoms with Crippen LogP contribution in [0.5, 0.6) is 0 Å². The van der Waals surface area contributed by atoms with Gasteiger partial charge in [-0.15, -0.1) is 0 Å². The average molecular weight is 301 g/mol. The molecule has 1 aromatic carbocycles. The van der Waals surface area contributed by atoms with E-state index in [1.165, 1.54) is 5.56 Å². The zero-order chi connectivity index (χ0) is 14.7. The van der Waals surface area contributed by atoms with E-state index in [0.29, 0.717) is 0 Å². The summed E-state index contributed by atoms with van der Waals surface area (Å²) in [6.07, 6.45) is 4.66. The van der Waals surface area contributed by atoms with Gasteiger partial charge in [-0.25, -0.2) is 9.98 Å². The minimum Gasteiger partial charge on any atom is -0.377 e. The second-order valence-corrected chi connectivity index (χ2v) is 5.45.